The summed E-state index contributed by atoms with van der Waals surface area (Å²) in [6, 6.07) is 15.8. The molecular weight excluding hydrogens is 378 g/mol. The fourth-order valence-corrected chi connectivity index (χ4v) is 4.14. The summed E-state index contributed by atoms with van der Waals surface area (Å²) in [7, 11) is 0. The Morgan fingerprint density at radius 3 is 2.48 bits per heavy atom. The summed E-state index contributed by atoms with van der Waals surface area (Å²) in [5.41, 5.74) is 2.02. The van der Waals surface area contributed by atoms with Gasteiger partial charge in [-0.05, 0) is 42.9 Å². The Morgan fingerprint density at radius 2 is 1.78 bits per heavy atom. The monoisotopic (exact) mass is 403 g/mol. The molecule has 1 aliphatic heterocycles. The molecule has 27 heavy (non-hydrogen) atoms. The Morgan fingerprint density at radius 1 is 1.07 bits per heavy atom. The van der Waals surface area contributed by atoms with Crippen LogP contribution in [-0.2, 0) is 4.79 Å². The molecule has 2 aromatic carbocycles. The first-order valence-electron chi connectivity index (χ1n) is 9.40. The average molecular weight is 404 g/mol. The molecule has 0 spiro atoms. The van der Waals surface area contributed by atoms with Gasteiger partial charge in [-0.2, -0.15) is 0 Å². The van der Waals surface area contributed by atoms with Gasteiger partial charge >= 0.3 is 0 Å². The van der Waals surface area contributed by atoms with Crippen molar-refractivity contribution in [3.63, 3.8) is 0 Å². The van der Waals surface area contributed by atoms with Crippen LogP contribution in [0.3, 0.4) is 0 Å². The Labute approximate surface area is 170 Å². The lowest BCUT2D eigenvalue weighted by atomic mass is 10.2. The number of thioether (sulfide) groups is 1. The number of benzene rings is 2. The number of piperazine rings is 1. The fourth-order valence-electron chi connectivity index (χ4n) is 3.17. The Balaban J connectivity index is 1.52. The topological polar surface area (TPSA) is 35.6 Å². The van der Waals surface area contributed by atoms with E-state index in [1.165, 1.54) is 0 Å². The number of hydrogen-bond donors (Lipinski definition) is 1. The number of hydrogen-bond acceptors (Lipinski definition) is 4. The van der Waals surface area contributed by atoms with Crippen LogP contribution < -0.4 is 10.2 Å². The van der Waals surface area contributed by atoms with Gasteiger partial charge < -0.3 is 15.1 Å². The van der Waals surface area contributed by atoms with Gasteiger partial charge in [0.1, 0.15) is 0 Å². The second kappa shape index (κ2) is 10.0. The second-order valence-corrected chi connectivity index (χ2v) is 8.14. The van der Waals surface area contributed by atoms with Crippen LogP contribution in [0.2, 0.25) is 5.02 Å². The summed E-state index contributed by atoms with van der Waals surface area (Å²) in [6.45, 7) is 7.41. The Kier molecular flexibility index (Phi) is 7.44. The van der Waals surface area contributed by atoms with Crippen LogP contribution in [0.4, 0.5) is 11.4 Å². The minimum Gasteiger partial charge on any atom is -0.367 e. The molecule has 3 rings (SSSR count). The molecule has 1 amide bonds. The minimum atomic E-state index is 0.0520. The van der Waals surface area contributed by atoms with E-state index in [9.17, 15) is 4.79 Å². The number of carbonyl (C=O) groups is 1. The van der Waals surface area contributed by atoms with Crippen LogP contribution in [0.5, 0.6) is 0 Å². The lowest BCUT2D eigenvalue weighted by Gasteiger charge is -2.36. The third kappa shape index (κ3) is 5.89. The van der Waals surface area contributed by atoms with E-state index in [1.807, 2.05) is 42.5 Å². The van der Waals surface area contributed by atoms with Crippen LogP contribution in [0.15, 0.2) is 53.4 Å². The summed E-state index contributed by atoms with van der Waals surface area (Å²) < 4.78 is 0. The van der Waals surface area contributed by atoms with Crippen LogP contribution in [0, 0.1) is 0 Å². The van der Waals surface area contributed by atoms with Gasteiger partial charge in [-0.25, -0.2) is 0 Å². The summed E-state index contributed by atoms with van der Waals surface area (Å²) in [6.07, 6.45) is 0.477. The zero-order valence-electron chi connectivity index (χ0n) is 15.7. The summed E-state index contributed by atoms with van der Waals surface area (Å²) >= 11 is 7.57. The van der Waals surface area contributed by atoms with Crippen molar-refractivity contribution < 1.29 is 4.79 Å². The van der Waals surface area contributed by atoms with Crippen molar-refractivity contribution in [2.75, 3.05) is 48.7 Å². The highest BCUT2D eigenvalue weighted by Gasteiger charge is 2.18. The zero-order valence-corrected chi connectivity index (χ0v) is 17.2. The third-order valence-corrected chi connectivity index (χ3v) is 6.02. The highest BCUT2D eigenvalue weighted by molar-refractivity contribution is 7.99. The van der Waals surface area contributed by atoms with Crippen LogP contribution in [-0.4, -0.2) is 49.3 Å². The van der Waals surface area contributed by atoms with Gasteiger partial charge in [-0.15, -0.1) is 11.8 Å². The van der Waals surface area contributed by atoms with Gasteiger partial charge in [0, 0.05) is 48.3 Å². The molecule has 0 atom stereocenters. The maximum Gasteiger partial charge on any atom is 0.225 e. The van der Waals surface area contributed by atoms with Gasteiger partial charge in [0.05, 0.1) is 11.4 Å². The minimum absolute atomic E-state index is 0.0520. The first kappa shape index (κ1) is 20.1. The van der Waals surface area contributed by atoms with Crippen LogP contribution >= 0.6 is 23.4 Å². The molecule has 1 N–H and O–H groups in total. The largest absolute Gasteiger partial charge is 0.367 e. The molecule has 4 nitrogen and oxygen atoms in total. The van der Waals surface area contributed by atoms with Crippen LogP contribution in [0.1, 0.15) is 13.3 Å². The van der Waals surface area contributed by atoms with E-state index in [4.69, 9.17) is 11.6 Å². The van der Waals surface area contributed by atoms with Crippen molar-refractivity contribution in [1.82, 2.24) is 4.90 Å². The van der Waals surface area contributed by atoms with Crippen LogP contribution in [0.25, 0.3) is 0 Å². The first-order chi connectivity index (χ1) is 13.2. The standard InChI is InChI=1S/C21H26ClN3OS/c1-2-24-12-14-25(15-13-24)20-6-4-3-5-19(20)23-21(26)11-16-27-18-9-7-17(22)8-10-18/h3-10H,2,11-16H2,1H3,(H,23,26). The number of halogens is 1. The number of nitrogens with zero attached hydrogens (tertiary/aromatic N) is 2. The normalized spacial score (nSPS) is 15.0. The molecule has 144 valence electrons. The highest BCUT2D eigenvalue weighted by atomic mass is 35.5. The maximum absolute atomic E-state index is 12.4. The van der Waals surface area contributed by atoms with Crippen molar-refractivity contribution in [3.8, 4) is 0 Å². The van der Waals surface area contributed by atoms with Crippen molar-refractivity contribution in [1.29, 1.82) is 0 Å². The van der Waals surface area contributed by atoms with Gasteiger partial charge in [-0.1, -0.05) is 30.7 Å². The van der Waals surface area contributed by atoms with E-state index < -0.39 is 0 Å². The van der Waals surface area contributed by atoms with Gasteiger partial charge in [-0.3, -0.25) is 4.79 Å². The van der Waals surface area contributed by atoms with Crippen molar-refractivity contribution in [2.24, 2.45) is 0 Å². The maximum atomic E-state index is 12.4. The molecule has 0 aromatic heterocycles. The molecular formula is C21H26ClN3OS. The average Bonchev–Trinajstić information content (AvgIpc) is 2.70. The number of nitrogens with one attached hydrogen (secondary N) is 1. The predicted molar refractivity (Wildman–Crippen MR) is 116 cm³/mol. The molecule has 0 bridgehead atoms. The van der Waals surface area contributed by atoms with Gasteiger partial charge in [0.15, 0.2) is 0 Å². The predicted octanol–water partition coefficient (Wildman–Crippen LogP) is 4.60. The van der Waals surface area contributed by atoms with Gasteiger partial charge in [0.25, 0.3) is 0 Å². The summed E-state index contributed by atoms with van der Waals surface area (Å²) in [5, 5.41) is 3.83. The van der Waals surface area contributed by atoms with E-state index in [2.05, 4.69) is 28.1 Å². The molecule has 1 heterocycles. The molecule has 2 aromatic rings. The molecule has 0 unspecified atom stereocenters. The van der Waals surface area contributed by atoms with E-state index in [-0.39, 0.29) is 5.91 Å². The highest BCUT2D eigenvalue weighted by Crippen LogP contribution is 2.27. The zero-order chi connectivity index (χ0) is 19.1. The van der Waals surface area contributed by atoms with Crippen molar-refractivity contribution in [2.45, 2.75) is 18.2 Å². The molecule has 1 aliphatic rings. The number of amides is 1. The number of anilines is 2. The first-order valence-corrected chi connectivity index (χ1v) is 10.8. The van der Waals surface area contributed by atoms with Crippen molar-refractivity contribution >= 4 is 40.6 Å². The van der Waals surface area contributed by atoms with E-state index in [0.29, 0.717) is 6.42 Å². The summed E-state index contributed by atoms with van der Waals surface area (Å²) in [4.78, 5) is 18.4. The smallest absolute Gasteiger partial charge is 0.225 e. The Bertz CT molecular complexity index is 745. The molecule has 0 saturated carbocycles. The van der Waals surface area contributed by atoms with Crippen molar-refractivity contribution in [3.05, 3.63) is 53.6 Å². The number of rotatable bonds is 7. The lowest BCUT2D eigenvalue weighted by Crippen LogP contribution is -2.46. The molecule has 1 fully saturated rings. The van der Waals surface area contributed by atoms with E-state index >= 15 is 0 Å². The molecule has 1 saturated heterocycles. The SMILES string of the molecule is CCN1CCN(c2ccccc2NC(=O)CCSc2ccc(Cl)cc2)CC1. The Hall–Kier alpha value is -1.69. The van der Waals surface area contributed by atoms with E-state index in [0.717, 1.165) is 59.8 Å². The molecule has 0 aliphatic carbocycles. The number of para-hydroxylation sites is 2. The summed E-state index contributed by atoms with van der Waals surface area (Å²) in [5.74, 6) is 0.793. The molecule has 0 radical (unpaired) electrons. The fraction of sp³-hybridized carbons (Fsp3) is 0.381. The molecule has 6 heteroatoms. The lowest BCUT2D eigenvalue weighted by molar-refractivity contribution is -0.115. The van der Waals surface area contributed by atoms with E-state index in [1.54, 1.807) is 11.8 Å². The third-order valence-electron chi connectivity index (χ3n) is 4.75. The second-order valence-electron chi connectivity index (χ2n) is 6.54. The number of likely N-dealkylation sites (N-methyl/N-ethyl adjacent to an activating group) is 1. The number of carbonyl (C=O) groups excluding carboxylic acids is 1. The quantitative estimate of drug-likeness (QED) is 0.685. The van der Waals surface area contributed by atoms with Gasteiger partial charge in [0.2, 0.25) is 5.91 Å².